The van der Waals surface area contributed by atoms with Gasteiger partial charge in [0.05, 0.1) is 17.4 Å². The molecule has 1 aromatic carbocycles. The van der Waals surface area contributed by atoms with Crippen LogP contribution in [0.5, 0.6) is 0 Å². The molecule has 0 N–H and O–H groups in total. The molecule has 0 unspecified atom stereocenters. The summed E-state index contributed by atoms with van der Waals surface area (Å²) in [6, 6.07) is 8.20. The van der Waals surface area contributed by atoms with Crippen LogP contribution in [0.3, 0.4) is 0 Å². The third kappa shape index (κ3) is 3.08. The van der Waals surface area contributed by atoms with E-state index in [-0.39, 0.29) is 11.8 Å². The second-order valence-electron chi connectivity index (χ2n) is 7.44. The van der Waals surface area contributed by atoms with E-state index in [2.05, 4.69) is 16.8 Å². The third-order valence-corrected chi connectivity index (χ3v) is 5.79. The fourth-order valence-electron chi connectivity index (χ4n) is 4.49. The average molecular weight is 354 g/mol. The second-order valence-corrected chi connectivity index (χ2v) is 7.44. The predicted molar refractivity (Wildman–Crippen MR) is 99.4 cm³/mol. The van der Waals surface area contributed by atoms with Gasteiger partial charge < -0.3 is 14.4 Å². The lowest BCUT2D eigenvalue weighted by atomic mass is 9.83. The molecule has 2 amide bonds. The zero-order valence-corrected chi connectivity index (χ0v) is 15.3. The highest BCUT2D eigenvalue weighted by Gasteiger charge is 2.39. The molecule has 2 atom stereocenters. The Labute approximate surface area is 153 Å². The maximum absolute atomic E-state index is 12.9. The largest absolute Gasteiger partial charge is 0.341 e. The molecule has 0 spiro atoms. The van der Waals surface area contributed by atoms with Crippen LogP contribution >= 0.6 is 0 Å². The molecule has 0 aliphatic carbocycles. The van der Waals surface area contributed by atoms with Gasteiger partial charge in [-0.1, -0.05) is 19.1 Å². The van der Waals surface area contributed by atoms with Crippen LogP contribution in [-0.4, -0.2) is 56.8 Å². The molecule has 2 aliphatic rings. The number of likely N-dealkylation sites (tertiary alicyclic amines) is 2. The van der Waals surface area contributed by atoms with Crippen molar-refractivity contribution >= 4 is 22.8 Å². The molecule has 4 rings (SSSR count). The first-order valence-electron chi connectivity index (χ1n) is 9.64. The summed E-state index contributed by atoms with van der Waals surface area (Å²) in [6.45, 7) is 4.79. The van der Waals surface area contributed by atoms with E-state index >= 15 is 0 Å². The van der Waals surface area contributed by atoms with E-state index in [0.717, 1.165) is 49.9 Å². The first-order chi connectivity index (χ1) is 12.7. The Kier molecular flexibility index (Phi) is 4.66. The molecule has 3 heterocycles. The van der Waals surface area contributed by atoms with Gasteiger partial charge in [0.15, 0.2) is 0 Å². The van der Waals surface area contributed by atoms with Crippen molar-refractivity contribution in [1.29, 1.82) is 0 Å². The number of carbonyl (C=O) groups excluding carboxylic acids is 2. The Bertz CT molecular complexity index is 815. The molecule has 6 nitrogen and oxygen atoms in total. The van der Waals surface area contributed by atoms with Crippen molar-refractivity contribution in [3.8, 4) is 0 Å². The van der Waals surface area contributed by atoms with Crippen molar-refractivity contribution in [3.05, 3.63) is 30.6 Å². The molecule has 2 fully saturated rings. The summed E-state index contributed by atoms with van der Waals surface area (Å²) in [5.74, 6) is 0.847. The number of imidazole rings is 1. The van der Waals surface area contributed by atoms with Crippen LogP contribution in [0.2, 0.25) is 0 Å². The molecule has 2 aromatic rings. The highest BCUT2D eigenvalue weighted by molar-refractivity contribution is 5.81. The van der Waals surface area contributed by atoms with E-state index in [4.69, 9.17) is 0 Å². The van der Waals surface area contributed by atoms with Crippen molar-refractivity contribution in [2.75, 3.05) is 19.6 Å². The van der Waals surface area contributed by atoms with Gasteiger partial charge in [0.25, 0.3) is 0 Å². The van der Waals surface area contributed by atoms with Crippen LogP contribution in [0.4, 0.5) is 0 Å². The number of hydrogen-bond donors (Lipinski definition) is 0. The van der Waals surface area contributed by atoms with Gasteiger partial charge in [0.1, 0.15) is 6.54 Å². The summed E-state index contributed by atoms with van der Waals surface area (Å²) >= 11 is 0. The quantitative estimate of drug-likeness (QED) is 0.846. The topological polar surface area (TPSA) is 58.4 Å². The average Bonchev–Trinajstić information content (AvgIpc) is 3.07. The van der Waals surface area contributed by atoms with E-state index in [1.165, 1.54) is 0 Å². The maximum atomic E-state index is 12.9. The van der Waals surface area contributed by atoms with E-state index in [9.17, 15) is 9.59 Å². The zero-order valence-electron chi connectivity index (χ0n) is 15.3. The summed E-state index contributed by atoms with van der Waals surface area (Å²) in [4.78, 5) is 33.5. The van der Waals surface area contributed by atoms with Gasteiger partial charge >= 0.3 is 0 Å². The molecule has 138 valence electrons. The number of hydrogen-bond acceptors (Lipinski definition) is 3. The zero-order chi connectivity index (χ0) is 18.1. The molecule has 6 heteroatoms. The van der Waals surface area contributed by atoms with E-state index < -0.39 is 0 Å². The standard InChI is InChI=1S/C20H26N4O2/c1-2-10-24-17-9-11-22(12-15(17)7-8-19(24)25)20(26)13-23-14-21-16-5-3-4-6-18(16)23/h3-6,14-15,17H,2,7-13H2,1H3/t15-,17+/m0/s1. The minimum absolute atomic E-state index is 0.144. The molecule has 1 aromatic heterocycles. The Hall–Kier alpha value is -2.37. The molecule has 0 bridgehead atoms. The predicted octanol–water partition coefficient (Wildman–Crippen LogP) is 2.29. The highest BCUT2D eigenvalue weighted by atomic mass is 16.2. The van der Waals surface area contributed by atoms with E-state index in [1.807, 2.05) is 33.7 Å². The van der Waals surface area contributed by atoms with Gasteiger partial charge in [-0.2, -0.15) is 0 Å². The highest BCUT2D eigenvalue weighted by Crippen LogP contribution is 2.31. The first-order valence-corrected chi connectivity index (χ1v) is 9.64. The van der Waals surface area contributed by atoms with Gasteiger partial charge in [-0.3, -0.25) is 9.59 Å². The van der Waals surface area contributed by atoms with Crippen molar-refractivity contribution in [2.24, 2.45) is 5.92 Å². The summed E-state index contributed by atoms with van der Waals surface area (Å²) in [6.07, 6.45) is 5.16. The van der Waals surface area contributed by atoms with Crippen molar-refractivity contribution in [3.63, 3.8) is 0 Å². The summed E-state index contributed by atoms with van der Waals surface area (Å²) in [7, 11) is 0. The minimum atomic E-state index is 0.144. The number of benzene rings is 1. The minimum Gasteiger partial charge on any atom is -0.341 e. The van der Waals surface area contributed by atoms with Gasteiger partial charge in [-0.25, -0.2) is 4.98 Å². The lowest BCUT2D eigenvalue weighted by Crippen LogP contribution is -2.57. The first kappa shape index (κ1) is 17.1. The number of aromatic nitrogens is 2. The number of rotatable bonds is 4. The monoisotopic (exact) mass is 354 g/mol. The number of amides is 2. The van der Waals surface area contributed by atoms with Crippen LogP contribution in [0.25, 0.3) is 11.0 Å². The molecule has 2 aliphatic heterocycles. The third-order valence-electron chi connectivity index (χ3n) is 5.79. The molecule has 26 heavy (non-hydrogen) atoms. The Morgan fingerprint density at radius 2 is 2.12 bits per heavy atom. The fourth-order valence-corrected chi connectivity index (χ4v) is 4.49. The van der Waals surface area contributed by atoms with Crippen LogP contribution in [0, 0.1) is 5.92 Å². The molecule has 0 radical (unpaired) electrons. The van der Waals surface area contributed by atoms with Crippen LogP contribution in [0.15, 0.2) is 30.6 Å². The number of carbonyl (C=O) groups is 2. The SMILES string of the molecule is CCCN1C(=O)CC[C@H]2CN(C(=O)Cn3cnc4ccccc43)CC[C@H]21. The molecule has 2 saturated heterocycles. The molecule has 0 saturated carbocycles. The lowest BCUT2D eigenvalue weighted by molar-refractivity contribution is -0.144. The van der Waals surface area contributed by atoms with E-state index in [0.29, 0.717) is 24.9 Å². The number of fused-ring (bicyclic) bond motifs is 2. The van der Waals surface area contributed by atoms with Crippen molar-refractivity contribution in [1.82, 2.24) is 19.4 Å². The fraction of sp³-hybridized carbons (Fsp3) is 0.550. The lowest BCUT2D eigenvalue weighted by Gasteiger charge is -2.47. The maximum Gasteiger partial charge on any atom is 0.242 e. The van der Waals surface area contributed by atoms with Crippen LogP contribution < -0.4 is 0 Å². The van der Waals surface area contributed by atoms with Gasteiger partial charge in [-0.05, 0) is 37.3 Å². The smallest absolute Gasteiger partial charge is 0.242 e. The Morgan fingerprint density at radius 1 is 1.27 bits per heavy atom. The van der Waals surface area contributed by atoms with Crippen LogP contribution in [0.1, 0.15) is 32.6 Å². The number of nitrogens with zero attached hydrogens (tertiary/aromatic N) is 4. The second kappa shape index (κ2) is 7.09. The Morgan fingerprint density at radius 3 is 2.96 bits per heavy atom. The number of para-hydroxylation sites is 2. The summed E-state index contributed by atoms with van der Waals surface area (Å²) in [5.41, 5.74) is 1.91. The van der Waals surface area contributed by atoms with Crippen molar-refractivity contribution in [2.45, 2.75) is 45.2 Å². The summed E-state index contributed by atoms with van der Waals surface area (Å²) in [5, 5.41) is 0. The Balaban J connectivity index is 1.43. The van der Waals surface area contributed by atoms with Crippen molar-refractivity contribution < 1.29 is 9.59 Å². The summed E-state index contributed by atoms with van der Waals surface area (Å²) < 4.78 is 1.93. The molecular formula is C20H26N4O2. The normalized spacial score (nSPS) is 23.3. The number of piperidine rings is 2. The van der Waals surface area contributed by atoms with Crippen LogP contribution in [-0.2, 0) is 16.1 Å². The van der Waals surface area contributed by atoms with E-state index in [1.54, 1.807) is 6.33 Å². The molecular weight excluding hydrogens is 328 g/mol. The van der Waals surface area contributed by atoms with Gasteiger partial charge in [0.2, 0.25) is 11.8 Å². The van der Waals surface area contributed by atoms with Gasteiger partial charge in [-0.15, -0.1) is 0 Å². The van der Waals surface area contributed by atoms with Gasteiger partial charge in [0, 0.05) is 32.1 Å².